The minimum atomic E-state index is 1.00. The van der Waals surface area contributed by atoms with Crippen LogP contribution in [0.25, 0.3) is 0 Å². The third-order valence-corrected chi connectivity index (χ3v) is 1.58. The molecule has 0 aromatic rings. The number of likely N-dealkylation sites (tertiary alicyclic amines) is 1. The van der Waals surface area contributed by atoms with Crippen LogP contribution in [0.4, 0.5) is 0 Å². The van der Waals surface area contributed by atoms with Gasteiger partial charge >= 0.3 is 0 Å². The van der Waals surface area contributed by atoms with E-state index in [4.69, 9.17) is 5.11 Å². The summed E-state index contributed by atoms with van der Waals surface area (Å²) in [5.74, 6) is 0. The zero-order valence-electron chi connectivity index (χ0n) is 10.4. The van der Waals surface area contributed by atoms with Crippen molar-refractivity contribution in [2.45, 2.75) is 47.0 Å². The van der Waals surface area contributed by atoms with Crippen LogP contribution in [0.3, 0.4) is 0 Å². The molecule has 1 rings (SSSR count). The molecule has 1 aliphatic heterocycles. The summed E-state index contributed by atoms with van der Waals surface area (Å²) in [4.78, 5) is 2.39. The lowest BCUT2D eigenvalue weighted by atomic mass is 10.1. The van der Waals surface area contributed by atoms with E-state index >= 15 is 0 Å². The van der Waals surface area contributed by atoms with E-state index in [0.717, 1.165) is 7.11 Å². The average molecular weight is 191 g/mol. The summed E-state index contributed by atoms with van der Waals surface area (Å²) in [6, 6.07) is 0. The fourth-order valence-electron chi connectivity index (χ4n) is 1.05. The first-order chi connectivity index (χ1) is 6.39. The molecule has 1 aliphatic rings. The molecule has 2 nitrogen and oxygen atoms in total. The summed E-state index contributed by atoms with van der Waals surface area (Å²) >= 11 is 0. The van der Waals surface area contributed by atoms with Crippen molar-refractivity contribution >= 4 is 0 Å². The zero-order chi connectivity index (χ0) is 11.1. The summed E-state index contributed by atoms with van der Waals surface area (Å²) in [5.41, 5.74) is 0. The monoisotopic (exact) mass is 191 g/mol. The van der Waals surface area contributed by atoms with Gasteiger partial charge in [0.25, 0.3) is 0 Å². The molecule has 0 unspecified atom stereocenters. The quantitative estimate of drug-likeness (QED) is 0.636. The van der Waals surface area contributed by atoms with Crippen LogP contribution in [-0.2, 0) is 0 Å². The molecule has 0 aliphatic carbocycles. The van der Waals surface area contributed by atoms with E-state index in [2.05, 4.69) is 11.9 Å². The van der Waals surface area contributed by atoms with Crippen molar-refractivity contribution < 1.29 is 5.11 Å². The van der Waals surface area contributed by atoms with Gasteiger partial charge in [-0.05, 0) is 33.0 Å². The third kappa shape index (κ3) is 18.7. The van der Waals surface area contributed by atoms with Crippen LogP contribution in [0.5, 0.6) is 0 Å². The molecular formula is C11H29NO. The van der Waals surface area contributed by atoms with Crippen LogP contribution < -0.4 is 0 Å². The van der Waals surface area contributed by atoms with Crippen LogP contribution in [0, 0.1) is 0 Å². The second-order valence-corrected chi connectivity index (χ2v) is 2.36. The highest BCUT2D eigenvalue weighted by molar-refractivity contribution is 4.58. The van der Waals surface area contributed by atoms with Crippen molar-refractivity contribution in [2.75, 3.05) is 27.2 Å². The molecule has 0 aromatic heterocycles. The number of nitrogens with zero attached hydrogens (tertiary/aromatic N) is 1. The SMILES string of the molecule is CC.CC.CN1CCCCC1.CO. The van der Waals surface area contributed by atoms with Gasteiger partial charge in [0.1, 0.15) is 0 Å². The Balaban J connectivity index is -0.000000144. The first-order valence-electron chi connectivity index (χ1n) is 5.53. The fourth-order valence-corrected chi connectivity index (χ4v) is 1.05. The maximum absolute atomic E-state index is 7.00. The van der Waals surface area contributed by atoms with Gasteiger partial charge < -0.3 is 10.0 Å². The van der Waals surface area contributed by atoms with Gasteiger partial charge in [-0.25, -0.2) is 0 Å². The van der Waals surface area contributed by atoms with Gasteiger partial charge in [-0.3, -0.25) is 0 Å². The Kier molecular flexibility index (Phi) is 32.5. The number of rotatable bonds is 0. The number of hydrogen-bond acceptors (Lipinski definition) is 2. The number of aliphatic hydroxyl groups is 1. The molecule has 13 heavy (non-hydrogen) atoms. The fraction of sp³-hybridized carbons (Fsp3) is 1.00. The Morgan fingerprint density at radius 3 is 1.23 bits per heavy atom. The minimum Gasteiger partial charge on any atom is -0.400 e. The highest BCUT2D eigenvalue weighted by atomic mass is 16.2. The first-order valence-corrected chi connectivity index (χ1v) is 5.53. The van der Waals surface area contributed by atoms with Gasteiger partial charge in [0.15, 0.2) is 0 Å². The van der Waals surface area contributed by atoms with Crippen molar-refractivity contribution in [1.29, 1.82) is 0 Å². The van der Waals surface area contributed by atoms with Crippen molar-refractivity contribution in [1.82, 2.24) is 4.90 Å². The lowest BCUT2D eigenvalue weighted by molar-refractivity contribution is 0.277. The number of piperidine rings is 1. The van der Waals surface area contributed by atoms with E-state index in [0.29, 0.717) is 0 Å². The molecule has 0 atom stereocenters. The average Bonchev–Trinajstić information content (AvgIpc) is 2.28. The Labute approximate surface area is 85.0 Å². The molecule has 0 aromatic carbocycles. The Hall–Kier alpha value is -0.0800. The van der Waals surface area contributed by atoms with Gasteiger partial charge in [-0.2, -0.15) is 0 Å². The van der Waals surface area contributed by atoms with Crippen LogP contribution in [0.15, 0.2) is 0 Å². The van der Waals surface area contributed by atoms with E-state index in [1.807, 2.05) is 27.7 Å². The van der Waals surface area contributed by atoms with Gasteiger partial charge in [0.05, 0.1) is 0 Å². The Morgan fingerprint density at radius 2 is 1.08 bits per heavy atom. The van der Waals surface area contributed by atoms with Crippen molar-refractivity contribution in [2.24, 2.45) is 0 Å². The van der Waals surface area contributed by atoms with E-state index in [-0.39, 0.29) is 0 Å². The molecule has 1 saturated heterocycles. The lowest BCUT2D eigenvalue weighted by Crippen LogP contribution is -2.24. The third-order valence-electron chi connectivity index (χ3n) is 1.58. The van der Waals surface area contributed by atoms with Crippen LogP contribution in [0.2, 0.25) is 0 Å². The number of hydrogen-bond donors (Lipinski definition) is 1. The van der Waals surface area contributed by atoms with E-state index in [1.54, 1.807) is 0 Å². The molecule has 0 spiro atoms. The van der Waals surface area contributed by atoms with Gasteiger partial charge in [-0.15, -0.1) is 0 Å². The van der Waals surface area contributed by atoms with E-state index < -0.39 is 0 Å². The highest BCUT2D eigenvalue weighted by Crippen LogP contribution is 2.04. The summed E-state index contributed by atoms with van der Waals surface area (Å²) < 4.78 is 0. The molecule has 1 heterocycles. The van der Waals surface area contributed by atoms with Crippen molar-refractivity contribution in [3.63, 3.8) is 0 Å². The molecule has 0 bridgehead atoms. The zero-order valence-corrected chi connectivity index (χ0v) is 10.4. The Bertz CT molecular complexity index is 52.1. The molecule has 84 valence electrons. The van der Waals surface area contributed by atoms with Gasteiger partial charge in [0.2, 0.25) is 0 Å². The molecule has 1 N–H and O–H groups in total. The predicted octanol–water partition coefficient (Wildman–Crippen LogP) is 2.76. The largest absolute Gasteiger partial charge is 0.400 e. The van der Waals surface area contributed by atoms with Crippen LogP contribution >= 0.6 is 0 Å². The summed E-state index contributed by atoms with van der Waals surface area (Å²) in [6.45, 7) is 10.6. The molecular weight excluding hydrogens is 162 g/mol. The smallest absolute Gasteiger partial charge is 0.0319 e. The standard InChI is InChI=1S/C6H13N.2C2H6.CH4O/c1-7-5-3-2-4-6-7;3*1-2/h2-6H2,1H3;2*1-2H3;2H,1H3. The maximum Gasteiger partial charge on any atom is 0.0319 e. The summed E-state index contributed by atoms with van der Waals surface area (Å²) in [6.07, 6.45) is 4.28. The normalized spacial score (nSPS) is 15.0. The maximum atomic E-state index is 7.00. The summed E-state index contributed by atoms with van der Waals surface area (Å²) in [5, 5.41) is 7.00. The minimum absolute atomic E-state index is 1.00. The molecule has 0 radical (unpaired) electrons. The lowest BCUT2D eigenvalue weighted by Gasteiger charge is -2.20. The van der Waals surface area contributed by atoms with Crippen molar-refractivity contribution in [3.05, 3.63) is 0 Å². The van der Waals surface area contributed by atoms with Crippen LogP contribution in [-0.4, -0.2) is 37.3 Å². The van der Waals surface area contributed by atoms with Crippen molar-refractivity contribution in [3.8, 4) is 0 Å². The van der Waals surface area contributed by atoms with Gasteiger partial charge in [-0.1, -0.05) is 34.1 Å². The number of aliphatic hydroxyl groups excluding tert-OH is 1. The van der Waals surface area contributed by atoms with E-state index in [1.165, 1.54) is 32.4 Å². The molecule has 2 heteroatoms. The second kappa shape index (κ2) is 22.7. The first kappa shape index (κ1) is 18.7. The van der Waals surface area contributed by atoms with Crippen LogP contribution in [0.1, 0.15) is 47.0 Å². The summed E-state index contributed by atoms with van der Waals surface area (Å²) in [7, 11) is 3.19. The molecule has 0 saturated carbocycles. The molecule has 0 amide bonds. The second-order valence-electron chi connectivity index (χ2n) is 2.36. The van der Waals surface area contributed by atoms with Gasteiger partial charge in [0, 0.05) is 7.11 Å². The molecule has 1 fully saturated rings. The topological polar surface area (TPSA) is 23.5 Å². The predicted molar refractivity (Wildman–Crippen MR) is 62.2 cm³/mol. The van der Waals surface area contributed by atoms with E-state index in [9.17, 15) is 0 Å². The Morgan fingerprint density at radius 1 is 0.769 bits per heavy atom. The highest BCUT2D eigenvalue weighted by Gasteiger charge is 2.02.